The summed E-state index contributed by atoms with van der Waals surface area (Å²) in [5, 5.41) is 16.3. The number of rotatable bonds is 18. The van der Waals surface area contributed by atoms with Crippen LogP contribution in [0.4, 0.5) is 0 Å². The van der Waals surface area contributed by atoms with Crippen molar-refractivity contribution >= 4 is 19.4 Å². The average molecular weight is 689 g/mol. The van der Waals surface area contributed by atoms with Crippen molar-refractivity contribution in [2.45, 2.75) is 117 Å². The van der Waals surface area contributed by atoms with Crippen LogP contribution in [0.3, 0.4) is 0 Å². The maximum Gasteiger partial charge on any atom is 0.323 e. The number of esters is 2. The first-order valence-electron chi connectivity index (χ1n) is 17.2. The Labute approximate surface area is 286 Å². The monoisotopic (exact) mass is 688 g/mol. The molecular formula is C36H57N4O7P. The SMILES string of the molecule is Cc1cc(OCP(=O)(NC(CCCCN)C(=O)OC(C)C)NC2CC(CCN)C(C)OC2=O)cc(C)c1Cc1ccc(O)c(C(C)C)c1. The minimum absolute atomic E-state index is 0.00568. The van der Waals surface area contributed by atoms with E-state index in [0.29, 0.717) is 63.1 Å². The molecule has 1 fully saturated rings. The number of carbonyl (C=O) groups excluding carboxylic acids is 2. The van der Waals surface area contributed by atoms with E-state index in [1.807, 2.05) is 45.0 Å². The molecule has 0 spiro atoms. The van der Waals surface area contributed by atoms with Crippen molar-refractivity contribution in [1.82, 2.24) is 10.2 Å². The molecule has 3 rings (SSSR count). The van der Waals surface area contributed by atoms with E-state index in [4.69, 9.17) is 25.7 Å². The van der Waals surface area contributed by atoms with Crippen molar-refractivity contribution in [2.24, 2.45) is 17.4 Å². The zero-order valence-electron chi connectivity index (χ0n) is 29.7. The molecule has 12 heteroatoms. The summed E-state index contributed by atoms with van der Waals surface area (Å²) in [5.74, 6) is -0.0458. The molecule has 0 radical (unpaired) electrons. The Hall–Kier alpha value is -2.95. The van der Waals surface area contributed by atoms with Crippen LogP contribution in [0, 0.1) is 19.8 Å². The van der Waals surface area contributed by atoms with Crippen LogP contribution in [0.5, 0.6) is 11.5 Å². The smallest absolute Gasteiger partial charge is 0.323 e. The molecule has 0 bridgehead atoms. The number of benzene rings is 2. The molecule has 0 aliphatic carbocycles. The lowest BCUT2D eigenvalue weighted by Crippen LogP contribution is -2.50. The average Bonchev–Trinajstić information content (AvgIpc) is 3.00. The predicted molar refractivity (Wildman–Crippen MR) is 189 cm³/mol. The fourth-order valence-electron chi connectivity index (χ4n) is 6.14. The molecule has 0 amide bonds. The van der Waals surface area contributed by atoms with Crippen molar-refractivity contribution in [2.75, 3.05) is 19.4 Å². The number of aromatic hydroxyl groups is 1. The first kappa shape index (κ1) is 39.5. The van der Waals surface area contributed by atoms with E-state index in [9.17, 15) is 19.3 Å². The summed E-state index contributed by atoms with van der Waals surface area (Å²) in [6.45, 7) is 14.3. The van der Waals surface area contributed by atoms with E-state index in [2.05, 4.69) is 24.0 Å². The second kappa shape index (κ2) is 18.2. The standard InChI is InChI=1S/C36H57N4O7P/c1-22(2)30-18-27(11-12-34(30)41)19-31-24(5)16-29(17-25(31)6)45-21-48(44,39-32(10-8-9-14-37)35(42)46-23(3)4)40-33-20-28(13-15-38)26(7)47-36(33)43/h11-12,16-18,22-23,26,28,32-33,41H,8-10,13-15,19-21,37-38H2,1-7H3,(H2,39,40,44). The molecule has 1 aliphatic rings. The number of phenols is 1. The fraction of sp³-hybridized carbons (Fsp3) is 0.611. The molecule has 0 aromatic heterocycles. The second-order valence-electron chi connectivity index (χ2n) is 13.6. The highest BCUT2D eigenvalue weighted by Gasteiger charge is 2.41. The molecule has 1 saturated heterocycles. The molecule has 268 valence electrons. The zero-order valence-corrected chi connectivity index (χ0v) is 30.6. The summed E-state index contributed by atoms with van der Waals surface area (Å²) in [6.07, 6.45) is 2.35. The van der Waals surface area contributed by atoms with Crippen LogP contribution in [0.15, 0.2) is 30.3 Å². The predicted octanol–water partition coefficient (Wildman–Crippen LogP) is 5.55. The van der Waals surface area contributed by atoms with Crippen LogP contribution in [0.1, 0.15) is 100 Å². The van der Waals surface area contributed by atoms with Crippen LogP contribution < -0.4 is 26.4 Å². The van der Waals surface area contributed by atoms with Crippen LogP contribution in [0.25, 0.3) is 0 Å². The fourth-order valence-corrected chi connectivity index (χ4v) is 8.15. The molecule has 7 N–H and O–H groups in total. The number of carbonyl (C=O) groups is 2. The van der Waals surface area contributed by atoms with Gasteiger partial charge in [-0.3, -0.25) is 14.2 Å². The number of unbranched alkanes of at least 4 members (excludes halogenated alkanes) is 1. The first-order chi connectivity index (χ1) is 22.7. The molecule has 1 heterocycles. The maximum atomic E-state index is 14.7. The summed E-state index contributed by atoms with van der Waals surface area (Å²) in [6, 6.07) is 7.72. The van der Waals surface area contributed by atoms with E-state index >= 15 is 0 Å². The Balaban J connectivity index is 1.89. The van der Waals surface area contributed by atoms with Gasteiger partial charge < -0.3 is 30.8 Å². The van der Waals surface area contributed by atoms with Gasteiger partial charge in [0.15, 0.2) is 6.35 Å². The van der Waals surface area contributed by atoms with Crippen LogP contribution >= 0.6 is 7.44 Å². The van der Waals surface area contributed by atoms with Crippen molar-refractivity contribution in [1.29, 1.82) is 0 Å². The molecule has 2 aromatic rings. The van der Waals surface area contributed by atoms with Crippen molar-refractivity contribution in [3.8, 4) is 11.5 Å². The van der Waals surface area contributed by atoms with Crippen LogP contribution in [-0.2, 0) is 30.0 Å². The Morgan fingerprint density at radius 2 is 1.77 bits per heavy atom. The topological polar surface area (TPSA) is 175 Å². The van der Waals surface area contributed by atoms with Crippen LogP contribution in [0.2, 0.25) is 0 Å². The van der Waals surface area contributed by atoms with Gasteiger partial charge in [-0.1, -0.05) is 32.4 Å². The lowest BCUT2D eigenvalue weighted by Gasteiger charge is -2.36. The van der Waals surface area contributed by atoms with Gasteiger partial charge in [-0.15, -0.1) is 0 Å². The van der Waals surface area contributed by atoms with Gasteiger partial charge in [0.05, 0.1) is 6.10 Å². The molecule has 5 atom stereocenters. The van der Waals surface area contributed by atoms with Crippen molar-refractivity contribution < 1.29 is 33.5 Å². The Bertz CT molecular complexity index is 1410. The lowest BCUT2D eigenvalue weighted by atomic mass is 9.90. The second-order valence-corrected chi connectivity index (χ2v) is 15.9. The maximum absolute atomic E-state index is 14.7. The number of ether oxygens (including phenoxy) is 3. The minimum atomic E-state index is -3.78. The van der Waals surface area contributed by atoms with E-state index in [1.54, 1.807) is 19.9 Å². The molecule has 5 unspecified atom stereocenters. The Morgan fingerprint density at radius 1 is 1.08 bits per heavy atom. The number of phenolic OH excluding ortho intramolecular Hbond substituents is 1. The van der Waals surface area contributed by atoms with Gasteiger partial charge in [-0.2, -0.15) is 0 Å². The number of cyclic esters (lactones) is 1. The highest BCUT2D eigenvalue weighted by molar-refractivity contribution is 7.59. The summed E-state index contributed by atoms with van der Waals surface area (Å²) in [4.78, 5) is 26.2. The summed E-state index contributed by atoms with van der Waals surface area (Å²) < 4.78 is 32.1. The van der Waals surface area contributed by atoms with E-state index in [1.165, 1.54) is 0 Å². The van der Waals surface area contributed by atoms with Gasteiger partial charge in [0.25, 0.3) is 0 Å². The van der Waals surface area contributed by atoms with Gasteiger partial charge >= 0.3 is 11.9 Å². The van der Waals surface area contributed by atoms with Gasteiger partial charge in [-0.05, 0) is 138 Å². The van der Waals surface area contributed by atoms with E-state index < -0.39 is 31.5 Å². The molecular weight excluding hydrogens is 631 g/mol. The number of nitrogens with two attached hydrogens (primary N) is 2. The Kier molecular flexibility index (Phi) is 14.9. The first-order valence-corrected chi connectivity index (χ1v) is 19.1. The third-order valence-corrected chi connectivity index (χ3v) is 10.8. The van der Waals surface area contributed by atoms with Gasteiger partial charge in [0.1, 0.15) is 29.7 Å². The normalized spacial score (nSPS) is 20.0. The Morgan fingerprint density at radius 3 is 2.38 bits per heavy atom. The van der Waals surface area contributed by atoms with Crippen molar-refractivity contribution in [3.05, 3.63) is 58.1 Å². The van der Waals surface area contributed by atoms with Gasteiger partial charge in [-0.25, -0.2) is 10.2 Å². The van der Waals surface area contributed by atoms with Gasteiger partial charge in [0, 0.05) is 0 Å². The molecule has 0 saturated carbocycles. The summed E-state index contributed by atoms with van der Waals surface area (Å²) in [5.41, 5.74) is 16.6. The third-order valence-electron chi connectivity index (χ3n) is 8.82. The zero-order chi connectivity index (χ0) is 35.6. The minimum Gasteiger partial charge on any atom is -0.508 e. The largest absolute Gasteiger partial charge is 0.508 e. The van der Waals surface area contributed by atoms with Crippen molar-refractivity contribution in [3.63, 3.8) is 0 Å². The molecule has 1 aliphatic heterocycles. The van der Waals surface area contributed by atoms with Gasteiger partial charge in [0.2, 0.25) is 7.44 Å². The summed E-state index contributed by atoms with van der Waals surface area (Å²) >= 11 is 0. The summed E-state index contributed by atoms with van der Waals surface area (Å²) in [7, 11) is -3.78. The third kappa shape index (κ3) is 11.3. The molecule has 48 heavy (non-hydrogen) atoms. The lowest BCUT2D eigenvalue weighted by molar-refractivity contribution is -0.160. The highest BCUT2D eigenvalue weighted by atomic mass is 31.2. The van der Waals surface area contributed by atoms with E-state index in [0.717, 1.165) is 27.8 Å². The molecule has 11 nitrogen and oxygen atoms in total. The van der Waals surface area contributed by atoms with Crippen LogP contribution in [-0.4, -0.2) is 60.8 Å². The number of aryl methyl sites for hydroxylation is 2. The molecule has 2 aromatic carbocycles. The number of hydrogen-bond acceptors (Lipinski definition) is 9. The quantitative estimate of drug-likeness (QED) is 0.0754. The van der Waals surface area contributed by atoms with E-state index in [-0.39, 0.29) is 30.4 Å². The number of hydrogen-bond donors (Lipinski definition) is 5. The highest BCUT2D eigenvalue weighted by Crippen LogP contribution is 2.41. The number of nitrogens with one attached hydrogen (secondary N) is 2.